The molecule has 28 heavy (non-hydrogen) atoms. The summed E-state index contributed by atoms with van der Waals surface area (Å²) < 4.78 is 1.69. The number of imidazole rings is 1. The lowest BCUT2D eigenvalue weighted by atomic mass is 10.0. The smallest absolute Gasteiger partial charge is 0.240 e. The molecule has 0 unspecified atom stereocenters. The third-order valence-electron chi connectivity index (χ3n) is 5.04. The Morgan fingerprint density at radius 3 is 2.89 bits per heavy atom. The molecule has 0 saturated heterocycles. The fraction of sp³-hybridized carbons (Fsp3) is 0.450. The molecule has 0 spiro atoms. The average molecular weight is 401 g/mol. The van der Waals surface area contributed by atoms with Gasteiger partial charge in [0.05, 0.1) is 24.3 Å². The quantitative estimate of drug-likeness (QED) is 0.691. The largest absolute Gasteiger partial charge is 0.390 e. The summed E-state index contributed by atoms with van der Waals surface area (Å²) in [6.07, 6.45) is 5.56. The molecule has 2 N–H and O–H groups in total. The highest BCUT2D eigenvalue weighted by atomic mass is 32.2. The Hall–Kier alpha value is -2.32. The number of aromatic nitrogens is 2. The molecule has 1 saturated carbocycles. The van der Waals surface area contributed by atoms with Crippen LogP contribution in [0.4, 0.5) is 5.69 Å². The summed E-state index contributed by atoms with van der Waals surface area (Å²) in [7, 11) is 0. The van der Waals surface area contributed by atoms with Crippen molar-refractivity contribution in [2.45, 2.75) is 50.0 Å². The number of benzene rings is 1. The second-order valence-corrected chi connectivity index (χ2v) is 8.13. The number of nitrogens with one attached hydrogen (secondary N) is 1. The van der Waals surface area contributed by atoms with Gasteiger partial charge in [-0.15, -0.1) is 0 Å². The van der Waals surface area contributed by atoms with Crippen LogP contribution in [0.15, 0.2) is 35.6 Å². The van der Waals surface area contributed by atoms with Crippen LogP contribution in [0.25, 0.3) is 0 Å². The first-order valence-electron chi connectivity index (χ1n) is 9.61. The molecule has 2 heterocycles. The van der Waals surface area contributed by atoms with E-state index in [0.29, 0.717) is 10.9 Å². The maximum atomic E-state index is 12.8. The predicted octanol–water partition coefficient (Wildman–Crippen LogP) is 1.73. The van der Waals surface area contributed by atoms with Crippen molar-refractivity contribution in [2.75, 3.05) is 17.2 Å². The van der Waals surface area contributed by atoms with Gasteiger partial charge >= 0.3 is 0 Å². The highest BCUT2D eigenvalue weighted by Crippen LogP contribution is 2.28. The molecule has 7 nitrogen and oxygen atoms in total. The van der Waals surface area contributed by atoms with Gasteiger partial charge in [-0.3, -0.25) is 9.59 Å². The number of amides is 2. The summed E-state index contributed by atoms with van der Waals surface area (Å²) in [5.41, 5.74) is 2.76. The molecule has 2 aliphatic rings. The zero-order valence-corrected chi connectivity index (χ0v) is 16.5. The van der Waals surface area contributed by atoms with E-state index in [0.717, 1.165) is 37.9 Å². The number of rotatable bonds is 7. The van der Waals surface area contributed by atoms with Crippen LogP contribution in [-0.4, -0.2) is 44.8 Å². The Bertz CT molecular complexity index is 878. The average Bonchev–Trinajstić information content (AvgIpc) is 3.44. The Labute approximate surface area is 168 Å². The lowest BCUT2D eigenvalue weighted by Crippen LogP contribution is -2.36. The summed E-state index contributed by atoms with van der Waals surface area (Å²) in [5.74, 6) is 0.175. The van der Waals surface area contributed by atoms with Crippen molar-refractivity contribution in [3.63, 3.8) is 0 Å². The van der Waals surface area contributed by atoms with Crippen LogP contribution in [0.1, 0.15) is 30.5 Å². The summed E-state index contributed by atoms with van der Waals surface area (Å²) >= 11 is 1.31. The lowest BCUT2D eigenvalue weighted by Gasteiger charge is -2.29. The SMILES string of the molecule is O=C(Cn1c(CO)cnc1SCC(=O)N1CCCc2ccccc21)NC1CC1. The zero-order chi connectivity index (χ0) is 19.5. The van der Waals surface area contributed by atoms with E-state index in [9.17, 15) is 14.7 Å². The molecule has 4 rings (SSSR count). The molecule has 1 aromatic carbocycles. The topological polar surface area (TPSA) is 87.5 Å². The third-order valence-corrected chi connectivity index (χ3v) is 6.02. The number of aliphatic hydroxyl groups excluding tert-OH is 1. The molecule has 2 aromatic rings. The maximum absolute atomic E-state index is 12.8. The van der Waals surface area contributed by atoms with Crippen LogP contribution >= 0.6 is 11.8 Å². The monoisotopic (exact) mass is 400 g/mol. The first-order valence-corrected chi connectivity index (χ1v) is 10.6. The van der Waals surface area contributed by atoms with Gasteiger partial charge in [-0.05, 0) is 37.3 Å². The van der Waals surface area contributed by atoms with Crippen molar-refractivity contribution in [1.29, 1.82) is 0 Å². The van der Waals surface area contributed by atoms with Crippen LogP contribution in [0.2, 0.25) is 0 Å². The van der Waals surface area contributed by atoms with Gasteiger partial charge in [-0.1, -0.05) is 30.0 Å². The van der Waals surface area contributed by atoms with E-state index in [1.165, 1.54) is 17.3 Å². The van der Waals surface area contributed by atoms with E-state index in [1.54, 1.807) is 10.8 Å². The normalized spacial score (nSPS) is 16.0. The Morgan fingerprint density at radius 1 is 1.29 bits per heavy atom. The number of hydrogen-bond acceptors (Lipinski definition) is 5. The van der Waals surface area contributed by atoms with Crippen LogP contribution in [0, 0.1) is 0 Å². The molecule has 1 aliphatic heterocycles. The molecule has 0 bridgehead atoms. The minimum absolute atomic E-state index is 0.0275. The minimum Gasteiger partial charge on any atom is -0.390 e. The number of aliphatic hydroxyl groups is 1. The number of carbonyl (C=O) groups excluding carboxylic acids is 2. The second kappa shape index (κ2) is 8.36. The standard InChI is InChI=1S/C20H24N4O3S/c25-12-16-10-21-20(24(16)11-18(26)22-15-7-8-15)28-13-19(27)23-9-3-5-14-4-1-2-6-17(14)23/h1-2,4,6,10,15,25H,3,5,7-9,11-13H2,(H,22,26). The van der Waals surface area contributed by atoms with Gasteiger partial charge in [0, 0.05) is 18.3 Å². The highest BCUT2D eigenvalue weighted by Gasteiger charge is 2.25. The molecule has 8 heteroatoms. The molecule has 1 fully saturated rings. The van der Waals surface area contributed by atoms with Gasteiger partial charge < -0.3 is 19.9 Å². The van der Waals surface area contributed by atoms with Gasteiger partial charge in [-0.25, -0.2) is 4.98 Å². The number of carbonyl (C=O) groups is 2. The molecule has 148 valence electrons. The molecule has 1 aromatic heterocycles. The van der Waals surface area contributed by atoms with Gasteiger partial charge in [-0.2, -0.15) is 0 Å². The minimum atomic E-state index is -0.197. The molecule has 0 atom stereocenters. The number of thioether (sulfide) groups is 1. The van der Waals surface area contributed by atoms with E-state index in [-0.39, 0.29) is 36.8 Å². The van der Waals surface area contributed by atoms with E-state index in [2.05, 4.69) is 16.4 Å². The Balaban J connectivity index is 1.42. The molecule has 2 amide bonds. The van der Waals surface area contributed by atoms with Gasteiger partial charge in [0.2, 0.25) is 11.8 Å². The first kappa shape index (κ1) is 19.0. The van der Waals surface area contributed by atoms with Crippen LogP contribution in [0.5, 0.6) is 0 Å². The highest BCUT2D eigenvalue weighted by molar-refractivity contribution is 7.99. The Morgan fingerprint density at radius 2 is 2.11 bits per heavy atom. The van der Waals surface area contributed by atoms with Crippen molar-refractivity contribution in [2.24, 2.45) is 0 Å². The van der Waals surface area contributed by atoms with Crippen molar-refractivity contribution in [1.82, 2.24) is 14.9 Å². The number of anilines is 1. The molecule has 0 radical (unpaired) electrons. The predicted molar refractivity (Wildman–Crippen MR) is 107 cm³/mol. The second-order valence-electron chi connectivity index (χ2n) is 7.18. The van der Waals surface area contributed by atoms with Crippen molar-refractivity contribution >= 4 is 29.3 Å². The van der Waals surface area contributed by atoms with Crippen LogP contribution in [0.3, 0.4) is 0 Å². The van der Waals surface area contributed by atoms with Gasteiger partial charge in [0.25, 0.3) is 0 Å². The van der Waals surface area contributed by atoms with Gasteiger partial charge in [0.1, 0.15) is 6.54 Å². The van der Waals surface area contributed by atoms with Crippen LogP contribution in [-0.2, 0) is 29.2 Å². The van der Waals surface area contributed by atoms with Crippen molar-refractivity contribution in [3.05, 3.63) is 41.7 Å². The summed E-state index contributed by atoms with van der Waals surface area (Å²) in [4.78, 5) is 31.2. The number of hydrogen-bond donors (Lipinski definition) is 2. The van der Waals surface area contributed by atoms with Crippen molar-refractivity contribution in [3.8, 4) is 0 Å². The number of aryl methyl sites for hydroxylation is 1. The fourth-order valence-electron chi connectivity index (χ4n) is 3.44. The number of fused-ring (bicyclic) bond motifs is 1. The summed E-state index contributed by atoms with van der Waals surface area (Å²) in [6, 6.07) is 8.30. The Kier molecular flexibility index (Phi) is 5.68. The third kappa shape index (κ3) is 4.23. The fourth-order valence-corrected chi connectivity index (χ4v) is 4.32. The molecular formula is C20H24N4O3S. The summed E-state index contributed by atoms with van der Waals surface area (Å²) in [6.45, 7) is 0.629. The first-order chi connectivity index (χ1) is 13.7. The molecule has 1 aliphatic carbocycles. The zero-order valence-electron chi connectivity index (χ0n) is 15.6. The van der Waals surface area contributed by atoms with E-state index in [1.807, 2.05) is 23.1 Å². The number of nitrogens with zero attached hydrogens (tertiary/aromatic N) is 3. The van der Waals surface area contributed by atoms with Gasteiger partial charge in [0.15, 0.2) is 5.16 Å². The van der Waals surface area contributed by atoms with E-state index < -0.39 is 0 Å². The molecular weight excluding hydrogens is 376 g/mol. The summed E-state index contributed by atoms with van der Waals surface area (Å²) in [5, 5.41) is 13.1. The maximum Gasteiger partial charge on any atom is 0.240 e. The van der Waals surface area contributed by atoms with E-state index in [4.69, 9.17) is 0 Å². The van der Waals surface area contributed by atoms with E-state index >= 15 is 0 Å². The van der Waals surface area contributed by atoms with Crippen molar-refractivity contribution < 1.29 is 14.7 Å². The number of para-hydroxylation sites is 1. The lowest BCUT2D eigenvalue weighted by molar-refractivity contribution is -0.122. The van der Waals surface area contributed by atoms with Crippen LogP contribution < -0.4 is 10.2 Å².